The van der Waals surface area contributed by atoms with Crippen LogP contribution in [0.4, 0.5) is 0 Å². The molecule has 0 saturated carbocycles. The summed E-state index contributed by atoms with van der Waals surface area (Å²) in [5, 5.41) is 14.5. The molecule has 5 heterocycles. The monoisotopic (exact) mass is 968 g/mol. The number of rotatable bonds is 5. The number of hydrogen-bond donors (Lipinski definition) is 0. The minimum atomic E-state index is 0.622. The van der Waals surface area contributed by atoms with E-state index in [0.29, 0.717) is 17.5 Å². The minimum Gasteiger partial charge on any atom is -0.308 e. The zero-order valence-electron chi connectivity index (χ0n) is 38.3. The van der Waals surface area contributed by atoms with Crippen LogP contribution in [0.2, 0.25) is 0 Å². The molecule has 0 aliphatic carbocycles. The van der Waals surface area contributed by atoms with Gasteiger partial charge in [0.05, 0.1) is 16.7 Å². The Hall–Kier alpha value is -8.59. The molecule has 0 radical (unpaired) electrons. The number of fused-ring (bicyclic) bond motifs is 15. The fourth-order valence-electron chi connectivity index (χ4n) is 11.5. The SMILES string of the molecule is c1ccc2cc3c(cc2c1)c1ccc2ccccc2c1n3-c1ccc(-c2nc(-c3cccc4sc5ccccc5c34)nc(-c3cccc4sc5ccccc5c34)n2)cc1-c1cccc2sc3ccccc3c12. The van der Waals surface area contributed by atoms with Crippen molar-refractivity contribution in [1.82, 2.24) is 19.5 Å². The minimum absolute atomic E-state index is 0.622. The third-order valence-corrected chi connectivity index (χ3v) is 18.0. The number of benzene rings is 11. The Labute approximate surface area is 424 Å². The zero-order valence-corrected chi connectivity index (χ0v) is 40.7. The Kier molecular flexibility index (Phi) is 8.62. The molecule has 0 amide bonds. The second-order valence-electron chi connectivity index (χ2n) is 18.6. The molecule has 16 aromatic rings. The summed E-state index contributed by atoms with van der Waals surface area (Å²) in [7, 11) is 0. The summed E-state index contributed by atoms with van der Waals surface area (Å²) >= 11 is 5.47. The highest BCUT2D eigenvalue weighted by Crippen LogP contribution is 2.47. The molecule has 334 valence electrons. The Morgan fingerprint density at radius 3 is 1.36 bits per heavy atom. The Bertz CT molecular complexity index is 4820. The van der Waals surface area contributed by atoms with Crippen LogP contribution in [0.5, 0.6) is 0 Å². The van der Waals surface area contributed by atoms with Gasteiger partial charge in [0.2, 0.25) is 0 Å². The van der Waals surface area contributed by atoms with Crippen molar-refractivity contribution in [2.45, 2.75) is 0 Å². The fourth-order valence-corrected chi connectivity index (χ4v) is 14.9. The van der Waals surface area contributed by atoms with E-state index in [2.05, 4.69) is 223 Å². The van der Waals surface area contributed by atoms with Crippen LogP contribution in [0, 0.1) is 0 Å². The summed E-state index contributed by atoms with van der Waals surface area (Å²) < 4.78 is 9.94. The van der Waals surface area contributed by atoms with Crippen molar-refractivity contribution in [3.8, 4) is 51.0 Å². The second-order valence-corrected chi connectivity index (χ2v) is 21.9. The summed E-state index contributed by atoms with van der Waals surface area (Å²) in [6.07, 6.45) is 0. The first-order chi connectivity index (χ1) is 35.7. The van der Waals surface area contributed by atoms with Crippen LogP contribution in [0.25, 0.3) is 155 Å². The molecule has 4 nitrogen and oxygen atoms in total. The summed E-state index contributed by atoms with van der Waals surface area (Å²) in [5.41, 5.74) is 8.60. The molecule has 0 bridgehead atoms. The van der Waals surface area contributed by atoms with Crippen LogP contribution in [0.1, 0.15) is 0 Å². The van der Waals surface area contributed by atoms with Crippen LogP contribution in [-0.4, -0.2) is 19.5 Å². The molecule has 0 atom stereocenters. The summed E-state index contributed by atoms with van der Waals surface area (Å²) in [6, 6.07) is 79.8. The van der Waals surface area contributed by atoms with Crippen LogP contribution in [0.3, 0.4) is 0 Å². The quantitative estimate of drug-likeness (QED) is 0.173. The molecule has 0 spiro atoms. The number of nitrogens with zero attached hydrogens (tertiary/aromatic N) is 4. The van der Waals surface area contributed by atoms with Gasteiger partial charge in [0.1, 0.15) is 0 Å². The van der Waals surface area contributed by atoms with E-state index in [1.807, 2.05) is 34.0 Å². The lowest BCUT2D eigenvalue weighted by Crippen LogP contribution is -2.02. The molecule has 0 aliphatic rings. The molecule has 7 heteroatoms. The highest BCUT2D eigenvalue weighted by atomic mass is 32.1. The van der Waals surface area contributed by atoms with Crippen molar-refractivity contribution >= 4 is 138 Å². The van der Waals surface area contributed by atoms with Gasteiger partial charge in [-0.05, 0) is 88.5 Å². The maximum atomic E-state index is 5.55. The molecule has 16 rings (SSSR count). The smallest absolute Gasteiger partial charge is 0.164 e. The maximum Gasteiger partial charge on any atom is 0.164 e. The van der Waals surface area contributed by atoms with E-state index < -0.39 is 0 Å². The van der Waals surface area contributed by atoms with E-state index in [1.165, 1.54) is 98.4 Å². The molecule has 11 aromatic carbocycles. The molecule has 0 unspecified atom stereocenters. The van der Waals surface area contributed by atoms with E-state index in [1.54, 1.807) is 0 Å². The lowest BCUT2D eigenvalue weighted by molar-refractivity contribution is 1.08. The van der Waals surface area contributed by atoms with Gasteiger partial charge < -0.3 is 4.57 Å². The van der Waals surface area contributed by atoms with Crippen LogP contribution in [0.15, 0.2) is 218 Å². The normalized spacial score (nSPS) is 12.2. The lowest BCUT2D eigenvalue weighted by Gasteiger charge is -2.18. The average Bonchev–Trinajstić information content (AvgIpc) is 4.21. The molecule has 0 N–H and O–H groups in total. The lowest BCUT2D eigenvalue weighted by atomic mass is 9.95. The van der Waals surface area contributed by atoms with Gasteiger partial charge >= 0.3 is 0 Å². The van der Waals surface area contributed by atoms with Gasteiger partial charge in [-0.25, -0.2) is 15.0 Å². The first kappa shape index (κ1) is 40.2. The highest BCUT2D eigenvalue weighted by molar-refractivity contribution is 7.26. The van der Waals surface area contributed by atoms with E-state index in [4.69, 9.17) is 15.0 Å². The molecule has 0 fully saturated rings. The van der Waals surface area contributed by atoms with Gasteiger partial charge in [0.25, 0.3) is 0 Å². The van der Waals surface area contributed by atoms with Crippen LogP contribution >= 0.6 is 34.0 Å². The van der Waals surface area contributed by atoms with E-state index in [9.17, 15) is 0 Å². The van der Waals surface area contributed by atoms with Crippen molar-refractivity contribution < 1.29 is 0 Å². The van der Waals surface area contributed by atoms with Gasteiger partial charge in [-0.15, -0.1) is 34.0 Å². The van der Waals surface area contributed by atoms with Crippen molar-refractivity contribution in [2.75, 3.05) is 0 Å². The van der Waals surface area contributed by atoms with Gasteiger partial charge in [0.15, 0.2) is 17.5 Å². The fraction of sp³-hybridized carbons (Fsp3) is 0. The van der Waals surface area contributed by atoms with Crippen LogP contribution in [-0.2, 0) is 0 Å². The highest BCUT2D eigenvalue weighted by Gasteiger charge is 2.24. The number of hydrogen-bond acceptors (Lipinski definition) is 6. The third-order valence-electron chi connectivity index (χ3n) is 14.6. The Morgan fingerprint density at radius 2 is 0.764 bits per heavy atom. The summed E-state index contributed by atoms with van der Waals surface area (Å²) in [6.45, 7) is 0. The van der Waals surface area contributed by atoms with E-state index in [0.717, 1.165) is 39.0 Å². The maximum absolute atomic E-state index is 5.55. The van der Waals surface area contributed by atoms with Gasteiger partial charge in [-0.3, -0.25) is 0 Å². The standard InChI is InChI=1S/C65H36N4S3/c1-2-16-39-36-52-50(34-38(39)15-1)43-32-30-37-14-3-4-17-41(37)62(43)69(52)51-33-31-40(35-49(51)42-21-11-27-56-59(42)44-18-5-8-24-53(44)70-56)63-66-64(47-22-12-28-57-60(47)45-19-6-9-25-54(45)71-57)68-65(67-63)48-23-13-29-58-61(48)46-20-7-10-26-55(46)72-58/h1-36H. The van der Waals surface area contributed by atoms with Gasteiger partial charge in [-0.1, -0.05) is 152 Å². The topological polar surface area (TPSA) is 43.6 Å². The molecule has 5 aromatic heterocycles. The molecule has 0 aliphatic heterocycles. The second kappa shape index (κ2) is 15.5. The molecular formula is C65H36N4S3. The van der Waals surface area contributed by atoms with E-state index in [-0.39, 0.29) is 0 Å². The molecule has 72 heavy (non-hydrogen) atoms. The zero-order chi connectivity index (χ0) is 47.0. The molecular weight excluding hydrogens is 933 g/mol. The summed E-state index contributed by atoms with van der Waals surface area (Å²) in [5.74, 6) is 1.92. The first-order valence-corrected chi connectivity index (χ1v) is 26.6. The Balaban J connectivity index is 1.03. The number of thiophene rings is 3. The number of aromatic nitrogens is 4. The van der Waals surface area contributed by atoms with Gasteiger partial charge in [0, 0.05) is 98.9 Å². The predicted octanol–water partition coefficient (Wildman–Crippen LogP) is 19.0. The van der Waals surface area contributed by atoms with Gasteiger partial charge in [-0.2, -0.15) is 0 Å². The third kappa shape index (κ3) is 5.93. The largest absolute Gasteiger partial charge is 0.308 e. The predicted molar refractivity (Wildman–Crippen MR) is 310 cm³/mol. The van der Waals surface area contributed by atoms with Crippen molar-refractivity contribution in [3.63, 3.8) is 0 Å². The average molecular weight is 969 g/mol. The molecule has 0 saturated heterocycles. The van der Waals surface area contributed by atoms with Crippen molar-refractivity contribution in [2.24, 2.45) is 0 Å². The Morgan fingerprint density at radius 1 is 0.292 bits per heavy atom. The van der Waals surface area contributed by atoms with Crippen molar-refractivity contribution in [1.29, 1.82) is 0 Å². The summed E-state index contributed by atoms with van der Waals surface area (Å²) in [4.78, 5) is 16.6. The van der Waals surface area contributed by atoms with E-state index >= 15 is 0 Å². The van der Waals surface area contributed by atoms with Crippen molar-refractivity contribution in [3.05, 3.63) is 218 Å². The van der Waals surface area contributed by atoms with Crippen LogP contribution < -0.4 is 0 Å². The first-order valence-electron chi connectivity index (χ1n) is 24.2.